The Morgan fingerprint density at radius 3 is 2.84 bits per heavy atom. The summed E-state index contributed by atoms with van der Waals surface area (Å²) in [6.07, 6.45) is 0. The topological polar surface area (TPSA) is 80.7 Å². The number of aryl methyl sites for hydroxylation is 1. The molecule has 0 aliphatic heterocycles. The monoisotopic (exact) mass is 269 g/mol. The molecule has 1 aromatic rings. The number of carbonyl (C=O) groups is 1. The van der Waals surface area contributed by atoms with E-state index in [1.165, 1.54) is 0 Å². The van der Waals surface area contributed by atoms with Crippen molar-refractivity contribution in [3.05, 3.63) is 23.2 Å². The molecule has 6 heteroatoms. The minimum atomic E-state index is -0.333. The molecule has 0 spiro atoms. The lowest BCUT2D eigenvalue weighted by atomic mass is 10.2. The Bertz CT molecular complexity index is 417. The third kappa shape index (κ3) is 4.05. The quantitative estimate of drug-likeness (QED) is 0.439. The number of likely N-dealkylation sites (N-methyl/N-ethyl adjacent to an activating group) is 1. The second-order valence-corrected chi connectivity index (χ2v) is 4.52. The highest BCUT2D eigenvalue weighted by molar-refractivity contribution is 5.94. The zero-order valence-corrected chi connectivity index (χ0v) is 12.0. The normalized spacial score (nSPS) is 12.7. The molecule has 1 unspecified atom stereocenters. The molecule has 1 heterocycles. The fourth-order valence-electron chi connectivity index (χ4n) is 2.05. The Kier molecular flexibility index (Phi) is 6.01. The molecule has 0 aliphatic rings. The summed E-state index contributed by atoms with van der Waals surface area (Å²) in [4.78, 5) is 13.7. The van der Waals surface area contributed by atoms with Crippen LogP contribution in [0.5, 0.6) is 0 Å². The number of ether oxygens (including phenoxy) is 1. The molecule has 0 saturated carbocycles. The highest BCUT2D eigenvalue weighted by atomic mass is 16.5. The van der Waals surface area contributed by atoms with E-state index in [4.69, 9.17) is 15.0 Å². The van der Waals surface area contributed by atoms with Crippen LogP contribution < -0.4 is 11.3 Å². The summed E-state index contributed by atoms with van der Waals surface area (Å²) in [5.41, 5.74) is 2.59. The number of nitrogen functional groups attached to an aromatic ring is 1. The molecule has 0 saturated heterocycles. The minimum Gasteiger partial charge on any atom is -0.464 e. The van der Waals surface area contributed by atoms with Gasteiger partial charge in [-0.15, -0.1) is 0 Å². The molecular weight excluding hydrogens is 246 g/mol. The number of nitrogens with zero attached hydrogens (tertiary/aromatic N) is 1. The number of methoxy groups -OCH3 is 1. The lowest BCUT2D eigenvalue weighted by molar-refractivity contribution is 0.0934. The van der Waals surface area contributed by atoms with E-state index in [9.17, 15) is 4.79 Å². The van der Waals surface area contributed by atoms with Crippen LogP contribution in [0.1, 0.15) is 35.7 Å². The zero-order chi connectivity index (χ0) is 14.4. The highest BCUT2D eigenvalue weighted by Crippen LogP contribution is 2.17. The van der Waals surface area contributed by atoms with Crippen LogP contribution in [0.15, 0.2) is 10.5 Å². The molecule has 1 amide bonds. The van der Waals surface area contributed by atoms with E-state index in [0.717, 1.165) is 12.3 Å². The number of nitrogens with one attached hydrogen (secondary N) is 1. The van der Waals surface area contributed by atoms with Gasteiger partial charge in [-0.25, -0.2) is 5.84 Å². The van der Waals surface area contributed by atoms with Gasteiger partial charge in [-0.2, -0.15) is 0 Å². The van der Waals surface area contributed by atoms with Crippen molar-refractivity contribution >= 4 is 5.91 Å². The molecule has 6 nitrogen and oxygen atoms in total. The Morgan fingerprint density at radius 2 is 2.32 bits per heavy atom. The van der Waals surface area contributed by atoms with E-state index in [-0.39, 0.29) is 11.9 Å². The van der Waals surface area contributed by atoms with Gasteiger partial charge in [-0.05, 0) is 26.5 Å². The van der Waals surface area contributed by atoms with Crippen LogP contribution in [0.2, 0.25) is 0 Å². The first-order valence-corrected chi connectivity index (χ1v) is 6.36. The van der Waals surface area contributed by atoms with Gasteiger partial charge in [0, 0.05) is 13.2 Å². The van der Waals surface area contributed by atoms with Gasteiger partial charge in [0.1, 0.15) is 11.5 Å². The molecule has 3 N–H and O–H groups in total. The van der Waals surface area contributed by atoms with Crippen molar-refractivity contribution in [1.82, 2.24) is 10.3 Å². The number of carbonyl (C=O) groups excluding carboxylic acids is 1. The molecule has 1 aromatic heterocycles. The Labute approximate surface area is 113 Å². The summed E-state index contributed by atoms with van der Waals surface area (Å²) in [5.74, 6) is 6.12. The van der Waals surface area contributed by atoms with E-state index in [2.05, 4.69) is 24.2 Å². The largest absolute Gasteiger partial charge is 0.464 e. The molecule has 1 atom stereocenters. The van der Waals surface area contributed by atoms with Crippen LogP contribution in [0.4, 0.5) is 0 Å². The van der Waals surface area contributed by atoms with Gasteiger partial charge in [0.25, 0.3) is 5.91 Å². The molecule has 0 aliphatic carbocycles. The Balaban J connectivity index is 2.78. The molecule has 108 valence electrons. The Morgan fingerprint density at radius 1 is 1.63 bits per heavy atom. The molecule has 0 radical (unpaired) electrons. The van der Waals surface area contributed by atoms with Crippen LogP contribution in [0.3, 0.4) is 0 Å². The standard InChI is InChI=1S/C13H23N3O3/c1-5-16(9(2)8-18-4)7-11-6-12(10(3)19-11)13(17)15-14/h6,9H,5,7-8,14H2,1-4H3,(H,15,17). The average molecular weight is 269 g/mol. The van der Waals surface area contributed by atoms with E-state index in [1.54, 1.807) is 20.1 Å². The van der Waals surface area contributed by atoms with Gasteiger partial charge in [0.2, 0.25) is 0 Å². The molecular formula is C13H23N3O3. The number of rotatable bonds is 7. The summed E-state index contributed by atoms with van der Waals surface area (Å²) < 4.78 is 10.8. The summed E-state index contributed by atoms with van der Waals surface area (Å²) in [7, 11) is 1.69. The van der Waals surface area contributed by atoms with E-state index in [0.29, 0.717) is 24.5 Å². The maximum atomic E-state index is 11.5. The van der Waals surface area contributed by atoms with Crippen molar-refractivity contribution in [3.8, 4) is 0 Å². The number of hydrogen-bond acceptors (Lipinski definition) is 5. The van der Waals surface area contributed by atoms with Gasteiger partial charge in [0.15, 0.2) is 0 Å². The van der Waals surface area contributed by atoms with Gasteiger partial charge in [-0.3, -0.25) is 15.1 Å². The van der Waals surface area contributed by atoms with E-state index < -0.39 is 0 Å². The van der Waals surface area contributed by atoms with Crippen LogP contribution in [0.25, 0.3) is 0 Å². The highest BCUT2D eigenvalue weighted by Gasteiger charge is 2.18. The van der Waals surface area contributed by atoms with Crippen molar-refractivity contribution in [3.63, 3.8) is 0 Å². The smallest absolute Gasteiger partial charge is 0.268 e. The van der Waals surface area contributed by atoms with Gasteiger partial charge >= 0.3 is 0 Å². The number of furan rings is 1. The molecule has 19 heavy (non-hydrogen) atoms. The van der Waals surface area contributed by atoms with E-state index in [1.807, 2.05) is 0 Å². The van der Waals surface area contributed by atoms with Crippen LogP contribution in [-0.4, -0.2) is 37.1 Å². The number of hydrogen-bond donors (Lipinski definition) is 2. The maximum absolute atomic E-state index is 11.5. The average Bonchev–Trinajstić information content (AvgIpc) is 2.76. The fourth-order valence-corrected chi connectivity index (χ4v) is 2.05. The second-order valence-electron chi connectivity index (χ2n) is 4.52. The van der Waals surface area contributed by atoms with Crippen molar-refractivity contribution in [1.29, 1.82) is 0 Å². The summed E-state index contributed by atoms with van der Waals surface area (Å²) in [6.45, 7) is 8.10. The van der Waals surface area contributed by atoms with Gasteiger partial charge in [-0.1, -0.05) is 6.92 Å². The Hall–Kier alpha value is -1.37. The SMILES string of the molecule is CCN(Cc1cc(C(=O)NN)c(C)o1)C(C)COC. The van der Waals surface area contributed by atoms with Gasteiger partial charge in [0.05, 0.1) is 18.7 Å². The van der Waals surface area contributed by atoms with Crippen molar-refractivity contribution in [2.75, 3.05) is 20.3 Å². The van der Waals surface area contributed by atoms with Crippen LogP contribution in [0, 0.1) is 6.92 Å². The van der Waals surface area contributed by atoms with Crippen molar-refractivity contribution < 1.29 is 13.9 Å². The first kappa shape index (κ1) is 15.7. The predicted molar refractivity (Wildman–Crippen MR) is 72.5 cm³/mol. The zero-order valence-electron chi connectivity index (χ0n) is 12.0. The summed E-state index contributed by atoms with van der Waals surface area (Å²) in [6, 6.07) is 2.02. The van der Waals surface area contributed by atoms with E-state index >= 15 is 0 Å². The van der Waals surface area contributed by atoms with Crippen LogP contribution in [-0.2, 0) is 11.3 Å². The lowest BCUT2D eigenvalue weighted by Crippen LogP contribution is -2.35. The predicted octanol–water partition coefficient (Wildman–Crippen LogP) is 1.05. The fraction of sp³-hybridized carbons (Fsp3) is 0.615. The van der Waals surface area contributed by atoms with Gasteiger partial charge < -0.3 is 9.15 Å². The minimum absolute atomic E-state index is 0.284. The lowest BCUT2D eigenvalue weighted by Gasteiger charge is -2.26. The van der Waals surface area contributed by atoms with Crippen LogP contribution >= 0.6 is 0 Å². The number of nitrogens with two attached hydrogens (primary N) is 1. The third-order valence-electron chi connectivity index (χ3n) is 3.14. The first-order valence-electron chi connectivity index (χ1n) is 6.36. The van der Waals surface area contributed by atoms with Crippen molar-refractivity contribution in [2.24, 2.45) is 5.84 Å². The number of amides is 1. The summed E-state index contributed by atoms with van der Waals surface area (Å²) in [5, 5.41) is 0. The second kappa shape index (κ2) is 7.28. The molecule has 1 rings (SSSR count). The molecule has 0 aromatic carbocycles. The molecule has 0 fully saturated rings. The summed E-state index contributed by atoms with van der Waals surface area (Å²) >= 11 is 0. The molecule has 0 bridgehead atoms. The maximum Gasteiger partial charge on any atom is 0.268 e. The third-order valence-corrected chi connectivity index (χ3v) is 3.14. The van der Waals surface area contributed by atoms with Crippen molar-refractivity contribution in [2.45, 2.75) is 33.4 Å². The number of hydrazine groups is 1. The first-order chi connectivity index (χ1) is 9.03.